The molecule has 5 heteroatoms. The van der Waals surface area contributed by atoms with Crippen LogP contribution in [0.2, 0.25) is 0 Å². The molecule has 0 amide bonds. The minimum absolute atomic E-state index is 0.0761. The molecule has 2 aromatic heterocycles. The average Bonchev–Trinajstić information content (AvgIpc) is 2.76. The molecule has 1 N–H and O–H groups in total. The van der Waals surface area contributed by atoms with Gasteiger partial charge >= 0.3 is 0 Å². The standard InChI is InChI=1S/C13H11N3O2/c1-16-8-15-12-9(16)6-7-14-13(12)18-11-5-3-2-4-10(11)17/h2-8,17H,1H3. The van der Waals surface area contributed by atoms with Crippen LogP contribution in [0.15, 0.2) is 42.9 Å². The monoisotopic (exact) mass is 241 g/mol. The molecule has 90 valence electrons. The van der Waals surface area contributed by atoms with Gasteiger partial charge < -0.3 is 14.4 Å². The maximum atomic E-state index is 9.67. The fourth-order valence-electron chi connectivity index (χ4n) is 1.76. The van der Waals surface area contributed by atoms with Crippen LogP contribution in [0.5, 0.6) is 17.4 Å². The summed E-state index contributed by atoms with van der Waals surface area (Å²) >= 11 is 0. The molecule has 0 aliphatic carbocycles. The van der Waals surface area contributed by atoms with E-state index in [0.717, 1.165) is 5.52 Å². The number of aromatic hydroxyl groups is 1. The van der Waals surface area contributed by atoms with Crippen LogP contribution < -0.4 is 4.74 Å². The quantitative estimate of drug-likeness (QED) is 0.748. The Morgan fingerprint density at radius 1 is 1.17 bits per heavy atom. The number of phenolic OH excluding ortho intramolecular Hbond substituents is 1. The zero-order chi connectivity index (χ0) is 12.5. The lowest BCUT2D eigenvalue weighted by Crippen LogP contribution is -1.90. The smallest absolute Gasteiger partial charge is 0.247 e. The molecule has 5 nitrogen and oxygen atoms in total. The largest absolute Gasteiger partial charge is 0.504 e. The van der Waals surface area contributed by atoms with Crippen LogP contribution in [0, 0.1) is 0 Å². The lowest BCUT2D eigenvalue weighted by molar-refractivity contribution is 0.405. The second kappa shape index (κ2) is 4.03. The summed E-state index contributed by atoms with van der Waals surface area (Å²) in [7, 11) is 1.90. The number of imidazole rings is 1. The molecule has 3 aromatic rings. The fraction of sp³-hybridized carbons (Fsp3) is 0.0769. The van der Waals surface area contributed by atoms with E-state index in [1.54, 1.807) is 36.8 Å². The number of rotatable bonds is 2. The van der Waals surface area contributed by atoms with Crippen molar-refractivity contribution in [3.05, 3.63) is 42.9 Å². The van der Waals surface area contributed by atoms with Crippen molar-refractivity contribution in [3.8, 4) is 17.4 Å². The van der Waals surface area contributed by atoms with Crippen LogP contribution in [0.3, 0.4) is 0 Å². The molecular weight excluding hydrogens is 230 g/mol. The summed E-state index contributed by atoms with van der Waals surface area (Å²) in [4.78, 5) is 8.39. The Kier molecular flexibility index (Phi) is 2.37. The number of nitrogens with zero attached hydrogens (tertiary/aromatic N) is 3. The summed E-state index contributed by atoms with van der Waals surface area (Å²) in [6.07, 6.45) is 3.35. The van der Waals surface area contributed by atoms with Crippen molar-refractivity contribution in [1.82, 2.24) is 14.5 Å². The fourth-order valence-corrected chi connectivity index (χ4v) is 1.76. The average molecular weight is 241 g/mol. The maximum Gasteiger partial charge on any atom is 0.247 e. The van der Waals surface area contributed by atoms with Gasteiger partial charge in [0.25, 0.3) is 0 Å². The van der Waals surface area contributed by atoms with Gasteiger partial charge in [-0.15, -0.1) is 0 Å². The molecule has 1 aromatic carbocycles. The molecule has 0 radical (unpaired) electrons. The highest BCUT2D eigenvalue weighted by molar-refractivity contribution is 5.80. The van der Waals surface area contributed by atoms with E-state index >= 15 is 0 Å². The summed E-state index contributed by atoms with van der Waals surface area (Å²) < 4.78 is 7.48. The van der Waals surface area contributed by atoms with Crippen LogP contribution in [-0.2, 0) is 7.05 Å². The first-order chi connectivity index (χ1) is 8.75. The van der Waals surface area contributed by atoms with E-state index in [0.29, 0.717) is 17.1 Å². The van der Waals surface area contributed by atoms with E-state index < -0.39 is 0 Å². The van der Waals surface area contributed by atoms with Crippen LogP contribution in [-0.4, -0.2) is 19.6 Å². The minimum Gasteiger partial charge on any atom is -0.504 e. The van der Waals surface area contributed by atoms with Crippen molar-refractivity contribution in [3.63, 3.8) is 0 Å². The van der Waals surface area contributed by atoms with Crippen LogP contribution in [0.1, 0.15) is 0 Å². The van der Waals surface area contributed by atoms with Gasteiger partial charge in [-0.3, -0.25) is 0 Å². The van der Waals surface area contributed by atoms with Crippen molar-refractivity contribution in [1.29, 1.82) is 0 Å². The third-order valence-electron chi connectivity index (χ3n) is 2.68. The van der Waals surface area contributed by atoms with Crippen LogP contribution in [0.25, 0.3) is 11.0 Å². The predicted octanol–water partition coefficient (Wildman–Crippen LogP) is 2.47. The second-order valence-electron chi connectivity index (χ2n) is 3.91. The molecule has 0 unspecified atom stereocenters. The molecule has 0 aliphatic rings. The molecule has 0 saturated carbocycles. The molecule has 0 fully saturated rings. The van der Waals surface area contributed by atoms with E-state index in [-0.39, 0.29) is 5.75 Å². The summed E-state index contributed by atoms with van der Waals surface area (Å²) in [6, 6.07) is 8.62. The third-order valence-corrected chi connectivity index (χ3v) is 2.68. The van der Waals surface area contributed by atoms with Crippen molar-refractivity contribution in [2.45, 2.75) is 0 Å². The molecule has 3 rings (SSSR count). The Morgan fingerprint density at radius 2 is 2.00 bits per heavy atom. The predicted molar refractivity (Wildman–Crippen MR) is 66.7 cm³/mol. The first-order valence-electron chi connectivity index (χ1n) is 5.47. The maximum absolute atomic E-state index is 9.67. The highest BCUT2D eigenvalue weighted by atomic mass is 16.5. The van der Waals surface area contributed by atoms with Gasteiger partial charge in [-0.2, -0.15) is 0 Å². The minimum atomic E-state index is 0.0761. The molecule has 2 heterocycles. The third kappa shape index (κ3) is 1.66. The zero-order valence-electron chi connectivity index (χ0n) is 9.74. The first kappa shape index (κ1) is 10.6. The van der Waals surface area contributed by atoms with Gasteiger partial charge in [0.1, 0.15) is 0 Å². The molecular formula is C13H11N3O2. The molecule has 18 heavy (non-hydrogen) atoms. The normalized spacial score (nSPS) is 10.7. The van der Waals surface area contributed by atoms with Gasteiger partial charge in [-0.1, -0.05) is 12.1 Å². The molecule has 0 atom stereocenters. The topological polar surface area (TPSA) is 60.2 Å². The van der Waals surface area contributed by atoms with E-state index in [1.165, 1.54) is 0 Å². The summed E-state index contributed by atoms with van der Waals surface area (Å²) in [6.45, 7) is 0. The number of para-hydroxylation sites is 2. The van der Waals surface area contributed by atoms with Gasteiger partial charge in [0.05, 0.1) is 11.8 Å². The molecule has 0 bridgehead atoms. The van der Waals surface area contributed by atoms with Crippen molar-refractivity contribution in [2.24, 2.45) is 7.05 Å². The zero-order valence-corrected chi connectivity index (χ0v) is 9.74. The van der Waals surface area contributed by atoms with Gasteiger partial charge in [0.15, 0.2) is 17.0 Å². The van der Waals surface area contributed by atoms with E-state index in [2.05, 4.69) is 9.97 Å². The highest BCUT2D eigenvalue weighted by Gasteiger charge is 2.10. The van der Waals surface area contributed by atoms with E-state index in [4.69, 9.17) is 4.74 Å². The summed E-state index contributed by atoms with van der Waals surface area (Å²) in [5.74, 6) is 0.824. The Hall–Kier alpha value is -2.56. The number of aryl methyl sites for hydroxylation is 1. The number of pyridine rings is 1. The molecule has 0 spiro atoms. The lowest BCUT2D eigenvalue weighted by Gasteiger charge is -2.06. The van der Waals surface area contributed by atoms with Crippen LogP contribution in [0.4, 0.5) is 0 Å². The SMILES string of the molecule is Cn1cnc2c(Oc3ccccc3O)nccc21. The number of hydrogen-bond donors (Lipinski definition) is 1. The molecule has 0 saturated heterocycles. The number of phenols is 1. The molecule has 0 aliphatic heterocycles. The van der Waals surface area contributed by atoms with E-state index in [1.807, 2.05) is 17.7 Å². The van der Waals surface area contributed by atoms with Crippen molar-refractivity contribution >= 4 is 11.0 Å². The number of hydrogen-bond acceptors (Lipinski definition) is 4. The number of ether oxygens (including phenoxy) is 1. The van der Waals surface area contributed by atoms with E-state index in [9.17, 15) is 5.11 Å². The number of benzene rings is 1. The van der Waals surface area contributed by atoms with Gasteiger partial charge in [-0.25, -0.2) is 9.97 Å². The van der Waals surface area contributed by atoms with Crippen LogP contribution >= 0.6 is 0 Å². The van der Waals surface area contributed by atoms with Crippen molar-refractivity contribution in [2.75, 3.05) is 0 Å². The summed E-state index contributed by atoms with van der Waals surface area (Å²) in [5, 5.41) is 9.67. The Morgan fingerprint density at radius 3 is 2.83 bits per heavy atom. The van der Waals surface area contributed by atoms with Crippen molar-refractivity contribution < 1.29 is 9.84 Å². The number of fused-ring (bicyclic) bond motifs is 1. The Labute approximate surface area is 103 Å². The first-order valence-corrected chi connectivity index (χ1v) is 5.47. The second-order valence-corrected chi connectivity index (χ2v) is 3.91. The van der Waals surface area contributed by atoms with Gasteiger partial charge in [0, 0.05) is 13.2 Å². The highest BCUT2D eigenvalue weighted by Crippen LogP contribution is 2.31. The lowest BCUT2D eigenvalue weighted by atomic mass is 10.3. The van der Waals surface area contributed by atoms with Gasteiger partial charge in [0.2, 0.25) is 5.88 Å². The summed E-state index contributed by atoms with van der Waals surface area (Å²) in [5.41, 5.74) is 1.60. The Balaban J connectivity index is 2.08. The van der Waals surface area contributed by atoms with Gasteiger partial charge in [-0.05, 0) is 18.2 Å². The Bertz CT molecular complexity index is 706. The number of aromatic nitrogens is 3.